The van der Waals surface area contributed by atoms with Gasteiger partial charge in [0.15, 0.2) is 5.65 Å². The number of fused-ring (bicyclic) bond motifs is 1. The number of likely N-dealkylation sites (tertiary alicyclic amines) is 1. The molecule has 0 N–H and O–H groups in total. The molecule has 1 fully saturated rings. The number of carbonyl (C=O) groups is 2. The molecule has 138 valence electrons. The van der Waals surface area contributed by atoms with E-state index < -0.39 is 5.97 Å². The van der Waals surface area contributed by atoms with Gasteiger partial charge in [0, 0.05) is 30.8 Å². The van der Waals surface area contributed by atoms with Crippen molar-refractivity contribution in [3.8, 4) is 0 Å². The van der Waals surface area contributed by atoms with E-state index >= 15 is 0 Å². The second kappa shape index (κ2) is 7.19. The van der Waals surface area contributed by atoms with Crippen LogP contribution >= 0.6 is 0 Å². The molecule has 1 aliphatic heterocycles. The number of esters is 1. The highest BCUT2D eigenvalue weighted by molar-refractivity contribution is 5.96. The van der Waals surface area contributed by atoms with Crippen molar-refractivity contribution in [2.24, 2.45) is 0 Å². The van der Waals surface area contributed by atoms with E-state index in [1.807, 2.05) is 33.7 Å². The van der Waals surface area contributed by atoms with E-state index in [1.54, 1.807) is 24.3 Å². The highest BCUT2D eigenvalue weighted by atomic mass is 16.5. The first-order valence-corrected chi connectivity index (χ1v) is 8.94. The monoisotopic (exact) mass is 364 g/mol. The fourth-order valence-electron chi connectivity index (χ4n) is 3.56. The minimum Gasteiger partial charge on any atom is -0.465 e. The third kappa shape index (κ3) is 3.28. The minimum atomic E-state index is -0.411. The van der Waals surface area contributed by atoms with Crippen molar-refractivity contribution in [2.45, 2.75) is 18.8 Å². The Morgan fingerprint density at radius 3 is 2.63 bits per heavy atom. The zero-order valence-corrected chi connectivity index (χ0v) is 15.0. The molecule has 7 heteroatoms. The Hall–Kier alpha value is -3.22. The Morgan fingerprint density at radius 1 is 1.07 bits per heavy atom. The minimum absolute atomic E-state index is 0.0371. The van der Waals surface area contributed by atoms with Crippen LogP contribution in [0.25, 0.3) is 5.65 Å². The van der Waals surface area contributed by atoms with Crippen LogP contribution in [0.2, 0.25) is 0 Å². The Morgan fingerprint density at radius 2 is 1.85 bits per heavy atom. The number of pyridine rings is 1. The van der Waals surface area contributed by atoms with E-state index in [1.165, 1.54) is 7.11 Å². The molecule has 3 heterocycles. The topological polar surface area (TPSA) is 76.8 Å². The van der Waals surface area contributed by atoms with Crippen molar-refractivity contribution in [1.29, 1.82) is 0 Å². The fraction of sp³-hybridized carbons (Fsp3) is 0.300. The van der Waals surface area contributed by atoms with Crippen LogP contribution in [-0.4, -0.2) is 51.6 Å². The smallest absolute Gasteiger partial charge is 0.337 e. The van der Waals surface area contributed by atoms with Gasteiger partial charge in [-0.15, -0.1) is 10.2 Å². The lowest BCUT2D eigenvalue weighted by molar-refractivity contribution is 0.0599. The Kier molecular flexibility index (Phi) is 4.58. The van der Waals surface area contributed by atoms with Gasteiger partial charge in [-0.05, 0) is 49.2 Å². The van der Waals surface area contributed by atoms with Gasteiger partial charge in [0.05, 0.1) is 12.7 Å². The summed E-state index contributed by atoms with van der Waals surface area (Å²) >= 11 is 0. The number of ether oxygens (including phenoxy) is 1. The molecule has 3 aromatic rings. The van der Waals surface area contributed by atoms with E-state index in [0.29, 0.717) is 24.2 Å². The number of methoxy groups -OCH3 is 1. The van der Waals surface area contributed by atoms with Crippen LogP contribution < -0.4 is 0 Å². The molecule has 1 saturated heterocycles. The average Bonchev–Trinajstić information content (AvgIpc) is 3.17. The number of aromatic nitrogens is 3. The maximum absolute atomic E-state index is 12.9. The normalized spacial score (nSPS) is 17.1. The molecule has 1 aromatic carbocycles. The summed E-state index contributed by atoms with van der Waals surface area (Å²) < 4.78 is 6.68. The zero-order valence-electron chi connectivity index (χ0n) is 15.0. The van der Waals surface area contributed by atoms with Gasteiger partial charge < -0.3 is 9.64 Å². The quantitative estimate of drug-likeness (QED) is 0.668. The van der Waals surface area contributed by atoms with Crippen LogP contribution in [0.4, 0.5) is 0 Å². The number of nitrogens with zero attached hydrogens (tertiary/aromatic N) is 4. The summed E-state index contributed by atoms with van der Waals surface area (Å²) in [5.74, 6) is 0.592. The molecule has 2 aromatic heterocycles. The number of hydrogen-bond donors (Lipinski definition) is 0. The molecule has 4 rings (SSSR count). The maximum Gasteiger partial charge on any atom is 0.337 e. The fourth-order valence-corrected chi connectivity index (χ4v) is 3.56. The van der Waals surface area contributed by atoms with Crippen molar-refractivity contribution in [2.75, 3.05) is 20.2 Å². The summed E-state index contributed by atoms with van der Waals surface area (Å²) in [5, 5.41) is 8.57. The second-order valence-electron chi connectivity index (χ2n) is 6.65. The maximum atomic E-state index is 12.9. The number of carbonyl (C=O) groups excluding carboxylic acids is 2. The standard InChI is InChI=1S/C20H20N4O3/c1-27-20(26)15-9-7-14(8-10-15)19(25)23-11-4-5-16(13-23)18-22-21-17-6-2-3-12-24(17)18/h2-3,6-10,12,16H,4-5,11,13H2,1H3. The zero-order chi connectivity index (χ0) is 18.8. The van der Waals surface area contributed by atoms with E-state index in [-0.39, 0.29) is 11.8 Å². The number of benzene rings is 1. The lowest BCUT2D eigenvalue weighted by Gasteiger charge is -2.32. The van der Waals surface area contributed by atoms with Crippen LogP contribution in [0.5, 0.6) is 0 Å². The first-order valence-electron chi connectivity index (χ1n) is 8.94. The van der Waals surface area contributed by atoms with Gasteiger partial charge in [-0.3, -0.25) is 9.20 Å². The third-order valence-corrected chi connectivity index (χ3v) is 4.97. The molecule has 1 atom stereocenters. The number of piperidine rings is 1. The van der Waals surface area contributed by atoms with E-state index in [4.69, 9.17) is 4.74 Å². The van der Waals surface area contributed by atoms with Crippen LogP contribution in [0.3, 0.4) is 0 Å². The molecule has 0 radical (unpaired) electrons. The van der Waals surface area contributed by atoms with E-state index in [0.717, 1.165) is 24.3 Å². The highest BCUT2D eigenvalue weighted by Crippen LogP contribution is 2.27. The molecule has 7 nitrogen and oxygen atoms in total. The average molecular weight is 364 g/mol. The van der Waals surface area contributed by atoms with Gasteiger partial charge in [0.2, 0.25) is 0 Å². The molecular formula is C20H20N4O3. The highest BCUT2D eigenvalue weighted by Gasteiger charge is 2.28. The van der Waals surface area contributed by atoms with Gasteiger partial charge in [-0.1, -0.05) is 6.07 Å². The van der Waals surface area contributed by atoms with Crippen molar-refractivity contribution < 1.29 is 14.3 Å². The Labute approximate surface area is 156 Å². The van der Waals surface area contributed by atoms with Gasteiger partial charge >= 0.3 is 5.97 Å². The Balaban J connectivity index is 1.52. The van der Waals surface area contributed by atoms with Crippen molar-refractivity contribution >= 4 is 17.5 Å². The lowest BCUT2D eigenvalue weighted by Crippen LogP contribution is -2.39. The first kappa shape index (κ1) is 17.2. The van der Waals surface area contributed by atoms with Crippen LogP contribution in [0, 0.1) is 0 Å². The summed E-state index contributed by atoms with van der Waals surface area (Å²) in [6.45, 7) is 1.32. The number of amides is 1. The second-order valence-corrected chi connectivity index (χ2v) is 6.65. The lowest BCUT2D eigenvalue weighted by atomic mass is 9.96. The first-order chi connectivity index (χ1) is 13.2. The molecule has 1 amide bonds. The summed E-state index contributed by atoms with van der Waals surface area (Å²) in [7, 11) is 1.34. The van der Waals surface area contributed by atoms with Gasteiger partial charge in [0.1, 0.15) is 5.82 Å². The van der Waals surface area contributed by atoms with E-state index in [9.17, 15) is 9.59 Å². The molecule has 0 aliphatic carbocycles. The van der Waals surface area contributed by atoms with Crippen molar-refractivity contribution in [3.63, 3.8) is 0 Å². The van der Waals surface area contributed by atoms with Crippen molar-refractivity contribution in [3.05, 3.63) is 65.6 Å². The SMILES string of the molecule is COC(=O)c1ccc(C(=O)N2CCCC(c3nnc4ccccn34)C2)cc1. The predicted octanol–water partition coefficient (Wildman–Crippen LogP) is 2.54. The molecule has 1 unspecified atom stereocenters. The molecule has 0 bridgehead atoms. The number of hydrogen-bond acceptors (Lipinski definition) is 5. The van der Waals surface area contributed by atoms with Crippen LogP contribution in [0.1, 0.15) is 45.3 Å². The van der Waals surface area contributed by atoms with Crippen molar-refractivity contribution in [1.82, 2.24) is 19.5 Å². The predicted molar refractivity (Wildman–Crippen MR) is 98.6 cm³/mol. The molecule has 0 spiro atoms. The molecule has 27 heavy (non-hydrogen) atoms. The van der Waals surface area contributed by atoms with E-state index in [2.05, 4.69) is 10.2 Å². The largest absolute Gasteiger partial charge is 0.465 e. The molecule has 0 saturated carbocycles. The van der Waals surface area contributed by atoms with Gasteiger partial charge in [0.25, 0.3) is 5.91 Å². The number of rotatable bonds is 3. The third-order valence-electron chi connectivity index (χ3n) is 4.97. The Bertz CT molecular complexity index is 980. The molecular weight excluding hydrogens is 344 g/mol. The van der Waals surface area contributed by atoms with Gasteiger partial charge in [-0.2, -0.15) is 0 Å². The summed E-state index contributed by atoms with van der Waals surface area (Å²) in [6.07, 6.45) is 3.84. The van der Waals surface area contributed by atoms with Gasteiger partial charge in [-0.25, -0.2) is 4.79 Å². The summed E-state index contributed by atoms with van der Waals surface area (Å²) in [6, 6.07) is 12.4. The summed E-state index contributed by atoms with van der Waals surface area (Å²) in [5.41, 5.74) is 1.81. The summed E-state index contributed by atoms with van der Waals surface area (Å²) in [4.78, 5) is 26.3. The van der Waals surface area contributed by atoms with Crippen LogP contribution in [-0.2, 0) is 4.74 Å². The van der Waals surface area contributed by atoms with Crippen LogP contribution in [0.15, 0.2) is 48.7 Å². The molecule has 1 aliphatic rings.